The summed E-state index contributed by atoms with van der Waals surface area (Å²) in [5.41, 5.74) is 4.46. The highest BCUT2D eigenvalue weighted by Gasteiger charge is 2.25. The maximum atomic E-state index is 12.9. The molecule has 0 heterocycles. The Bertz CT molecular complexity index is 821. The summed E-state index contributed by atoms with van der Waals surface area (Å²) in [7, 11) is 1.58. The Balaban J connectivity index is 2.07. The molecule has 4 nitrogen and oxygen atoms in total. The van der Waals surface area contributed by atoms with Gasteiger partial charge in [-0.25, -0.2) is 0 Å². The first-order valence-electron chi connectivity index (χ1n) is 9.21. The van der Waals surface area contributed by atoms with E-state index in [1.807, 2.05) is 18.2 Å². The normalized spacial score (nSPS) is 11.8. The van der Waals surface area contributed by atoms with E-state index < -0.39 is 6.04 Å². The zero-order valence-corrected chi connectivity index (χ0v) is 18.4. The summed E-state index contributed by atoms with van der Waals surface area (Å²) in [6.45, 7) is 6.19. The fourth-order valence-electron chi connectivity index (χ4n) is 3.09. The third-order valence-corrected chi connectivity index (χ3v) is 5.85. The quantitative estimate of drug-likeness (QED) is 0.693. The molecule has 2 rings (SSSR count). The van der Waals surface area contributed by atoms with E-state index in [9.17, 15) is 9.59 Å². The molecule has 0 aliphatic carbocycles. The van der Waals surface area contributed by atoms with Gasteiger partial charge in [0.15, 0.2) is 0 Å². The van der Waals surface area contributed by atoms with Crippen LogP contribution in [0.1, 0.15) is 29.2 Å². The van der Waals surface area contributed by atoms with Crippen molar-refractivity contribution < 1.29 is 9.59 Å². The van der Waals surface area contributed by atoms with Crippen LogP contribution in [0.15, 0.2) is 42.5 Å². The first-order chi connectivity index (χ1) is 13.3. The van der Waals surface area contributed by atoms with Gasteiger partial charge in [0, 0.05) is 24.4 Å². The molecule has 28 heavy (non-hydrogen) atoms. The van der Waals surface area contributed by atoms with Crippen LogP contribution in [0.4, 0.5) is 0 Å². The fourth-order valence-corrected chi connectivity index (χ4v) is 4.13. The van der Waals surface area contributed by atoms with Crippen LogP contribution in [-0.4, -0.2) is 35.6 Å². The second-order valence-corrected chi connectivity index (χ2v) is 8.28. The number of hydrogen-bond donors (Lipinski definition) is 1. The standard InChI is InChI=1S/C22H27ClN2O2S/c1-15-9-16(2)11-18(10-15)13-28-14-21(26)25(17(3)22(27)24-4)12-19-7-5-6-8-20(19)23/h5-11,17H,12-14H2,1-4H3,(H,24,27). The molecule has 0 aliphatic heterocycles. The fraction of sp³-hybridized carbons (Fsp3) is 0.364. The van der Waals surface area contributed by atoms with E-state index >= 15 is 0 Å². The number of nitrogens with zero attached hydrogens (tertiary/aromatic N) is 1. The van der Waals surface area contributed by atoms with Gasteiger partial charge in [0.05, 0.1) is 5.75 Å². The number of thioether (sulfide) groups is 1. The van der Waals surface area contributed by atoms with E-state index in [-0.39, 0.29) is 11.8 Å². The van der Waals surface area contributed by atoms with Gasteiger partial charge >= 0.3 is 0 Å². The van der Waals surface area contributed by atoms with E-state index in [1.54, 1.807) is 36.7 Å². The Morgan fingerprint density at radius 3 is 2.39 bits per heavy atom. The SMILES string of the molecule is CNC(=O)C(C)N(Cc1ccccc1Cl)C(=O)CSCc1cc(C)cc(C)c1. The molecular formula is C22H27ClN2O2S. The Morgan fingerprint density at radius 2 is 1.79 bits per heavy atom. The molecule has 0 spiro atoms. The van der Waals surface area contributed by atoms with Crippen LogP contribution in [0, 0.1) is 13.8 Å². The molecule has 0 fully saturated rings. The minimum absolute atomic E-state index is 0.0783. The predicted molar refractivity (Wildman–Crippen MR) is 118 cm³/mol. The van der Waals surface area contributed by atoms with E-state index in [2.05, 4.69) is 37.4 Å². The van der Waals surface area contributed by atoms with Crippen molar-refractivity contribution in [1.29, 1.82) is 0 Å². The Morgan fingerprint density at radius 1 is 1.14 bits per heavy atom. The Kier molecular flexibility index (Phi) is 8.39. The van der Waals surface area contributed by atoms with Gasteiger partial charge in [-0.05, 0) is 38.0 Å². The number of carbonyl (C=O) groups excluding carboxylic acids is 2. The molecule has 6 heteroatoms. The molecule has 0 saturated carbocycles. The largest absolute Gasteiger partial charge is 0.357 e. The molecule has 1 unspecified atom stereocenters. The maximum absolute atomic E-state index is 12.9. The minimum atomic E-state index is -0.574. The lowest BCUT2D eigenvalue weighted by Crippen LogP contribution is -2.47. The average Bonchev–Trinajstić information content (AvgIpc) is 2.65. The van der Waals surface area contributed by atoms with Gasteiger partial charge in [0.1, 0.15) is 6.04 Å². The number of carbonyl (C=O) groups is 2. The van der Waals surface area contributed by atoms with Crippen LogP contribution < -0.4 is 5.32 Å². The average molecular weight is 419 g/mol. The molecule has 2 aromatic rings. The summed E-state index contributed by atoms with van der Waals surface area (Å²) in [4.78, 5) is 26.7. The zero-order valence-electron chi connectivity index (χ0n) is 16.8. The van der Waals surface area contributed by atoms with Crippen LogP contribution in [0.3, 0.4) is 0 Å². The first-order valence-corrected chi connectivity index (χ1v) is 10.7. The zero-order chi connectivity index (χ0) is 20.7. The second-order valence-electron chi connectivity index (χ2n) is 6.89. The van der Waals surface area contributed by atoms with Crippen molar-refractivity contribution in [3.05, 3.63) is 69.7 Å². The molecule has 2 aromatic carbocycles. The summed E-state index contributed by atoms with van der Waals surface area (Å²) in [5.74, 6) is 0.784. The number of likely N-dealkylation sites (N-methyl/N-ethyl adjacent to an activating group) is 1. The van der Waals surface area contributed by atoms with Crippen molar-refractivity contribution >= 4 is 35.2 Å². The van der Waals surface area contributed by atoms with Gasteiger partial charge in [0.25, 0.3) is 0 Å². The third-order valence-electron chi connectivity index (χ3n) is 4.49. The molecule has 2 amide bonds. The Hall–Kier alpha value is -1.98. The minimum Gasteiger partial charge on any atom is -0.357 e. The lowest BCUT2D eigenvalue weighted by atomic mass is 10.1. The van der Waals surface area contributed by atoms with Gasteiger partial charge < -0.3 is 10.2 Å². The first kappa shape index (κ1) is 22.3. The van der Waals surface area contributed by atoms with Crippen molar-refractivity contribution in [2.75, 3.05) is 12.8 Å². The molecule has 1 N–H and O–H groups in total. The van der Waals surface area contributed by atoms with E-state index in [0.717, 1.165) is 11.3 Å². The number of benzene rings is 2. The van der Waals surface area contributed by atoms with E-state index in [1.165, 1.54) is 16.7 Å². The van der Waals surface area contributed by atoms with E-state index in [0.29, 0.717) is 17.3 Å². The van der Waals surface area contributed by atoms with Crippen LogP contribution in [0.2, 0.25) is 5.02 Å². The number of rotatable bonds is 8. The molecule has 0 aromatic heterocycles. The molecule has 150 valence electrons. The highest BCUT2D eigenvalue weighted by atomic mass is 35.5. The monoisotopic (exact) mass is 418 g/mol. The van der Waals surface area contributed by atoms with Crippen LogP contribution in [0.5, 0.6) is 0 Å². The molecule has 0 radical (unpaired) electrons. The lowest BCUT2D eigenvalue weighted by molar-refractivity contribution is -0.138. The molecular weight excluding hydrogens is 392 g/mol. The highest BCUT2D eigenvalue weighted by molar-refractivity contribution is 7.99. The lowest BCUT2D eigenvalue weighted by Gasteiger charge is -2.28. The molecule has 0 bridgehead atoms. The summed E-state index contributed by atoms with van der Waals surface area (Å²) < 4.78 is 0. The summed E-state index contributed by atoms with van der Waals surface area (Å²) in [6.07, 6.45) is 0. The number of halogens is 1. The number of hydrogen-bond acceptors (Lipinski definition) is 3. The van der Waals surface area contributed by atoms with Crippen LogP contribution >= 0.6 is 23.4 Å². The van der Waals surface area contributed by atoms with Gasteiger partial charge in [0.2, 0.25) is 11.8 Å². The summed E-state index contributed by atoms with van der Waals surface area (Å²) in [5, 5.41) is 3.21. The molecule has 0 saturated heterocycles. The smallest absolute Gasteiger partial charge is 0.242 e. The van der Waals surface area contributed by atoms with Crippen molar-refractivity contribution in [3.8, 4) is 0 Å². The van der Waals surface area contributed by atoms with Crippen molar-refractivity contribution in [2.24, 2.45) is 0 Å². The van der Waals surface area contributed by atoms with Crippen molar-refractivity contribution in [3.63, 3.8) is 0 Å². The predicted octanol–water partition coefficient (Wildman–Crippen LogP) is 4.35. The van der Waals surface area contributed by atoms with Crippen LogP contribution in [0.25, 0.3) is 0 Å². The molecule has 0 aliphatic rings. The third kappa shape index (κ3) is 6.28. The summed E-state index contributed by atoms with van der Waals surface area (Å²) in [6, 6.07) is 13.2. The van der Waals surface area contributed by atoms with Crippen molar-refractivity contribution in [2.45, 2.75) is 39.1 Å². The van der Waals surface area contributed by atoms with Gasteiger partial charge in [-0.15, -0.1) is 11.8 Å². The molecule has 1 atom stereocenters. The highest BCUT2D eigenvalue weighted by Crippen LogP contribution is 2.21. The van der Waals surface area contributed by atoms with Gasteiger partial charge in [-0.3, -0.25) is 9.59 Å². The van der Waals surface area contributed by atoms with Crippen molar-refractivity contribution in [1.82, 2.24) is 10.2 Å². The van der Waals surface area contributed by atoms with Crippen LogP contribution in [-0.2, 0) is 21.9 Å². The maximum Gasteiger partial charge on any atom is 0.242 e. The van der Waals surface area contributed by atoms with Gasteiger partial charge in [-0.2, -0.15) is 0 Å². The Labute approximate surface area is 176 Å². The van der Waals surface area contributed by atoms with E-state index in [4.69, 9.17) is 11.6 Å². The van der Waals surface area contributed by atoms with Gasteiger partial charge in [-0.1, -0.05) is 59.1 Å². The second kappa shape index (κ2) is 10.5. The topological polar surface area (TPSA) is 49.4 Å². The number of aryl methyl sites for hydroxylation is 2. The summed E-state index contributed by atoms with van der Waals surface area (Å²) >= 11 is 7.82. The number of nitrogens with one attached hydrogen (secondary N) is 1. The number of amides is 2.